The number of carbonyl (C=O) groups excluding carboxylic acids is 2. The van der Waals surface area contributed by atoms with Crippen molar-refractivity contribution >= 4 is 46.2 Å². The predicted molar refractivity (Wildman–Crippen MR) is 136 cm³/mol. The predicted octanol–water partition coefficient (Wildman–Crippen LogP) is 1.87. The van der Waals surface area contributed by atoms with Crippen molar-refractivity contribution in [2.24, 2.45) is 0 Å². The molecule has 0 aromatic heterocycles. The van der Waals surface area contributed by atoms with Crippen LogP contribution < -0.4 is 20.3 Å². The number of aliphatic hydroxyl groups excluding tert-OH is 1. The van der Waals surface area contributed by atoms with Crippen LogP contribution in [-0.2, 0) is 16.2 Å². The normalized spacial score (nSPS) is 10.2. The molecule has 11 heteroatoms. The smallest absolute Gasteiger partial charge is 0.248 e. The fourth-order valence-corrected chi connectivity index (χ4v) is 3.54. The van der Waals surface area contributed by atoms with Gasteiger partial charge in [0.15, 0.2) is 0 Å². The third-order valence-electron chi connectivity index (χ3n) is 4.91. The Balaban J connectivity index is 1.98. The molecule has 0 heterocycles. The number of thiocarbonyl (C=S) groups is 2. The van der Waals surface area contributed by atoms with Gasteiger partial charge in [-0.05, 0) is 42.3 Å². The second kappa shape index (κ2) is 12.3. The minimum absolute atomic E-state index is 0.233. The van der Waals surface area contributed by atoms with Gasteiger partial charge in [-0.1, -0.05) is 36.6 Å². The Labute approximate surface area is 209 Å². The lowest BCUT2D eigenvalue weighted by Gasteiger charge is -2.24. The fraction of sp³-hybridized carbons (Fsp3) is 0.304. The molecule has 9 nitrogen and oxygen atoms in total. The van der Waals surface area contributed by atoms with Gasteiger partial charge >= 0.3 is 0 Å². The van der Waals surface area contributed by atoms with E-state index in [2.05, 4.69) is 10.9 Å². The lowest BCUT2D eigenvalue weighted by Crippen LogP contribution is -2.47. The Hall–Kier alpha value is -3.28. The lowest BCUT2D eigenvalue weighted by molar-refractivity contribution is -0.132. The van der Waals surface area contributed by atoms with Crippen LogP contribution >= 0.6 is 24.4 Å². The fourth-order valence-electron chi connectivity index (χ4n) is 3.04. The zero-order valence-corrected chi connectivity index (χ0v) is 21.3. The first-order valence-corrected chi connectivity index (χ1v) is 11.0. The molecule has 0 bridgehead atoms. The van der Waals surface area contributed by atoms with E-state index in [1.165, 1.54) is 17.1 Å². The summed E-state index contributed by atoms with van der Waals surface area (Å²) < 4.78 is 10.4. The number of aryl methyl sites for hydroxylation is 1. The third kappa shape index (κ3) is 6.86. The van der Waals surface area contributed by atoms with Gasteiger partial charge < -0.3 is 14.6 Å². The number of methoxy groups -OCH3 is 2. The highest BCUT2D eigenvalue weighted by molar-refractivity contribution is 7.80. The average molecular weight is 505 g/mol. The first-order chi connectivity index (χ1) is 16.1. The zero-order chi connectivity index (χ0) is 25.4. The maximum atomic E-state index is 12.4. The molecule has 0 radical (unpaired) electrons. The standard InChI is InChI=1S/C23H28N4O5S2/c1-14-6-8-16(31-4)10-18(14)22(33)26(2)24-20(29)12-21(30)25-27(3)23(34)19-11-17(32-5)9-7-15(19)13-28/h6-11,28H,12-13H2,1-5H3,(H,24,29)(H,25,30). The summed E-state index contributed by atoms with van der Waals surface area (Å²) in [4.78, 5) is 25.5. The molecular weight excluding hydrogens is 476 g/mol. The van der Waals surface area contributed by atoms with Crippen molar-refractivity contribution in [3.05, 3.63) is 58.7 Å². The van der Waals surface area contributed by atoms with Crippen molar-refractivity contribution in [3.8, 4) is 11.5 Å². The number of nitrogens with zero attached hydrogens (tertiary/aromatic N) is 2. The number of benzene rings is 2. The Morgan fingerprint density at radius 3 is 1.85 bits per heavy atom. The van der Waals surface area contributed by atoms with Crippen LogP contribution in [0.1, 0.15) is 28.7 Å². The number of hydrazine groups is 2. The number of rotatable bonds is 7. The van der Waals surface area contributed by atoms with Crippen LogP contribution in [0.4, 0.5) is 0 Å². The van der Waals surface area contributed by atoms with E-state index in [9.17, 15) is 14.7 Å². The van der Waals surface area contributed by atoms with E-state index in [-0.39, 0.29) is 11.6 Å². The molecule has 0 spiro atoms. The maximum absolute atomic E-state index is 12.4. The van der Waals surface area contributed by atoms with E-state index in [4.69, 9.17) is 33.9 Å². The van der Waals surface area contributed by atoms with Gasteiger partial charge in [0.05, 0.1) is 20.8 Å². The van der Waals surface area contributed by atoms with Crippen LogP contribution in [0.15, 0.2) is 36.4 Å². The van der Waals surface area contributed by atoms with Crippen LogP contribution in [0, 0.1) is 6.92 Å². The number of carbonyl (C=O) groups is 2. The number of amides is 2. The van der Waals surface area contributed by atoms with Gasteiger partial charge in [-0.25, -0.2) is 0 Å². The van der Waals surface area contributed by atoms with Crippen LogP contribution in [0.5, 0.6) is 11.5 Å². The summed E-state index contributed by atoms with van der Waals surface area (Å²) in [7, 11) is 6.22. The highest BCUT2D eigenvalue weighted by Gasteiger charge is 2.19. The maximum Gasteiger partial charge on any atom is 0.248 e. The molecule has 0 saturated heterocycles. The van der Waals surface area contributed by atoms with Crippen LogP contribution in [0.2, 0.25) is 0 Å². The minimum atomic E-state index is -0.576. The van der Waals surface area contributed by atoms with Crippen LogP contribution in [-0.4, -0.2) is 65.2 Å². The molecule has 2 rings (SSSR count). The van der Waals surface area contributed by atoms with Crippen molar-refractivity contribution in [1.29, 1.82) is 0 Å². The van der Waals surface area contributed by atoms with Crippen molar-refractivity contribution in [2.45, 2.75) is 20.0 Å². The van der Waals surface area contributed by atoms with Gasteiger partial charge in [-0.2, -0.15) is 0 Å². The summed E-state index contributed by atoms with van der Waals surface area (Å²) in [6.45, 7) is 1.66. The van der Waals surface area contributed by atoms with Crippen LogP contribution in [0.3, 0.4) is 0 Å². The topological polar surface area (TPSA) is 103 Å². The van der Waals surface area contributed by atoms with Gasteiger partial charge in [-0.15, -0.1) is 0 Å². The summed E-state index contributed by atoms with van der Waals surface area (Å²) in [6.07, 6.45) is -0.456. The first-order valence-electron chi connectivity index (χ1n) is 10.2. The van der Waals surface area contributed by atoms with Gasteiger partial charge in [0.25, 0.3) is 0 Å². The molecule has 0 atom stereocenters. The molecule has 0 aliphatic rings. The number of ether oxygens (including phenoxy) is 2. The summed E-state index contributed by atoms with van der Waals surface area (Å²) >= 11 is 10.9. The Kier molecular flexibility index (Phi) is 9.72. The van der Waals surface area contributed by atoms with Crippen molar-refractivity contribution in [2.75, 3.05) is 28.3 Å². The van der Waals surface area contributed by atoms with Gasteiger partial charge in [-0.3, -0.25) is 30.5 Å². The number of aliphatic hydroxyl groups is 1. The highest BCUT2D eigenvalue weighted by atomic mass is 32.1. The molecular formula is C23H28N4O5S2. The van der Waals surface area contributed by atoms with E-state index in [1.54, 1.807) is 45.5 Å². The summed E-state index contributed by atoms with van der Waals surface area (Å²) in [5.74, 6) is 0.0627. The van der Waals surface area contributed by atoms with E-state index < -0.39 is 18.2 Å². The van der Waals surface area contributed by atoms with Crippen molar-refractivity contribution in [3.63, 3.8) is 0 Å². The molecule has 2 amide bonds. The van der Waals surface area contributed by atoms with Gasteiger partial charge in [0, 0.05) is 25.2 Å². The summed E-state index contributed by atoms with van der Waals surface area (Å²) in [6, 6.07) is 10.5. The van der Waals surface area contributed by atoms with Gasteiger partial charge in [0.1, 0.15) is 27.9 Å². The quantitative estimate of drug-likeness (QED) is 0.296. The first kappa shape index (κ1) is 27.0. The van der Waals surface area contributed by atoms with Crippen molar-refractivity contribution < 1.29 is 24.2 Å². The monoisotopic (exact) mass is 504 g/mol. The van der Waals surface area contributed by atoms with E-state index in [1.807, 2.05) is 19.1 Å². The number of hydrogen-bond acceptors (Lipinski definition) is 7. The van der Waals surface area contributed by atoms with E-state index in [0.717, 1.165) is 11.1 Å². The summed E-state index contributed by atoms with van der Waals surface area (Å²) in [5.41, 5.74) is 7.90. The minimum Gasteiger partial charge on any atom is -0.497 e. The number of nitrogens with one attached hydrogen (secondary N) is 2. The van der Waals surface area contributed by atoms with Crippen molar-refractivity contribution in [1.82, 2.24) is 20.9 Å². The largest absolute Gasteiger partial charge is 0.497 e. The molecule has 0 fully saturated rings. The Bertz CT molecular complexity index is 1090. The molecule has 0 aliphatic carbocycles. The molecule has 34 heavy (non-hydrogen) atoms. The zero-order valence-electron chi connectivity index (χ0n) is 19.7. The molecule has 3 N–H and O–H groups in total. The number of hydrogen-bond donors (Lipinski definition) is 3. The highest BCUT2D eigenvalue weighted by Crippen LogP contribution is 2.20. The van der Waals surface area contributed by atoms with Gasteiger partial charge in [0.2, 0.25) is 11.8 Å². The molecule has 2 aromatic rings. The van der Waals surface area contributed by atoms with E-state index in [0.29, 0.717) is 27.6 Å². The second-order valence-electron chi connectivity index (χ2n) is 7.34. The molecule has 2 aromatic carbocycles. The lowest BCUT2D eigenvalue weighted by atomic mass is 10.1. The average Bonchev–Trinajstić information content (AvgIpc) is 2.82. The van der Waals surface area contributed by atoms with Crippen LogP contribution in [0.25, 0.3) is 0 Å². The Morgan fingerprint density at radius 2 is 1.35 bits per heavy atom. The summed E-state index contributed by atoms with van der Waals surface area (Å²) in [5, 5.41) is 12.3. The second-order valence-corrected chi connectivity index (χ2v) is 8.11. The molecule has 0 saturated carbocycles. The molecule has 182 valence electrons. The molecule has 0 aliphatic heterocycles. The Morgan fingerprint density at radius 1 is 0.882 bits per heavy atom. The third-order valence-corrected chi connectivity index (χ3v) is 5.90. The SMILES string of the molecule is COc1ccc(C)c(C(=S)N(C)NC(=O)CC(=O)NN(C)C(=S)c2cc(OC)ccc2CO)c1. The molecule has 0 unspecified atom stereocenters. The van der Waals surface area contributed by atoms with E-state index >= 15 is 0 Å².